The van der Waals surface area contributed by atoms with E-state index in [4.69, 9.17) is 5.73 Å². The Labute approximate surface area is 85.2 Å². The van der Waals surface area contributed by atoms with E-state index in [0.717, 1.165) is 6.54 Å². The molecular weight excluding hydrogens is 180 g/mol. The van der Waals surface area contributed by atoms with Gasteiger partial charge in [0.05, 0.1) is 13.5 Å². The fourth-order valence-corrected chi connectivity index (χ4v) is 2.05. The van der Waals surface area contributed by atoms with Gasteiger partial charge in [0, 0.05) is 12.6 Å². The van der Waals surface area contributed by atoms with Crippen LogP contribution in [0.1, 0.15) is 25.7 Å². The van der Waals surface area contributed by atoms with Gasteiger partial charge >= 0.3 is 5.97 Å². The monoisotopic (exact) mass is 200 g/mol. The van der Waals surface area contributed by atoms with Gasteiger partial charge in [0.25, 0.3) is 0 Å². The average Bonchev–Trinajstić information content (AvgIpc) is 2.65. The van der Waals surface area contributed by atoms with E-state index in [9.17, 15) is 4.79 Å². The first kappa shape index (κ1) is 11.5. The molecule has 0 saturated heterocycles. The molecule has 2 atom stereocenters. The summed E-state index contributed by atoms with van der Waals surface area (Å²) in [7, 11) is 1.42. The molecule has 82 valence electrons. The largest absolute Gasteiger partial charge is 0.469 e. The van der Waals surface area contributed by atoms with Gasteiger partial charge in [0.2, 0.25) is 0 Å². The third kappa shape index (κ3) is 3.27. The molecule has 1 aliphatic carbocycles. The lowest BCUT2D eigenvalue weighted by atomic mass is 10.0. The van der Waals surface area contributed by atoms with Crippen molar-refractivity contribution in [3.8, 4) is 0 Å². The van der Waals surface area contributed by atoms with Gasteiger partial charge in [0.1, 0.15) is 0 Å². The molecule has 1 aliphatic rings. The molecule has 0 aliphatic heterocycles. The summed E-state index contributed by atoms with van der Waals surface area (Å²) in [6, 6.07) is 0.504. The third-order valence-corrected chi connectivity index (χ3v) is 2.93. The Morgan fingerprint density at radius 2 is 2.36 bits per heavy atom. The summed E-state index contributed by atoms with van der Waals surface area (Å²) in [4.78, 5) is 10.8. The zero-order valence-corrected chi connectivity index (χ0v) is 8.79. The summed E-state index contributed by atoms with van der Waals surface area (Å²) in [5.74, 6) is 0.437. The number of hydrogen-bond donors (Lipinski definition) is 2. The van der Waals surface area contributed by atoms with Crippen molar-refractivity contribution in [2.75, 3.05) is 20.2 Å². The van der Waals surface area contributed by atoms with Gasteiger partial charge < -0.3 is 15.8 Å². The van der Waals surface area contributed by atoms with E-state index in [1.54, 1.807) is 0 Å². The number of ether oxygens (including phenoxy) is 1. The smallest absolute Gasteiger partial charge is 0.306 e. The Hall–Kier alpha value is -0.610. The fraction of sp³-hybridized carbons (Fsp3) is 0.900. The molecule has 14 heavy (non-hydrogen) atoms. The van der Waals surface area contributed by atoms with E-state index >= 15 is 0 Å². The minimum absolute atomic E-state index is 0.153. The van der Waals surface area contributed by atoms with Crippen molar-refractivity contribution < 1.29 is 9.53 Å². The van der Waals surface area contributed by atoms with E-state index in [1.165, 1.54) is 26.4 Å². The van der Waals surface area contributed by atoms with Crippen molar-refractivity contribution in [1.29, 1.82) is 0 Å². The number of rotatable bonds is 5. The van der Waals surface area contributed by atoms with Crippen molar-refractivity contribution in [3.05, 3.63) is 0 Å². The van der Waals surface area contributed by atoms with Gasteiger partial charge in [-0.1, -0.05) is 6.42 Å². The van der Waals surface area contributed by atoms with Crippen LogP contribution in [-0.2, 0) is 9.53 Å². The van der Waals surface area contributed by atoms with Gasteiger partial charge in [0.15, 0.2) is 0 Å². The summed E-state index contributed by atoms with van der Waals surface area (Å²) < 4.78 is 4.56. The molecule has 3 N–H and O–H groups in total. The lowest BCUT2D eigenvalue weighted by Crippen LogP contribution is -2.37. The highest BCUT2D eigenvalue weighted by atomic mass is 16.5. The van der Waals surface area contributed by atoms with Gasteiger partial charge in [-0.15, -0.1) is 0 Å². The van der Waals surface area contributed by atoms with Crippen LogP contribution in [0.15, 0.2) is 0 Å². The van der Waals surface area contributed by atoms with Gasteiger partial charge in [-0.05, 0) is 25.3 Å². The van der Waals surface area contributed by atoms with E-state index in [2.05, 4.69) is 10.1 Å². The molecular formula is C10H20N2O2. The van der Waals surface area contributed by atoms with Crippen molar-refractivity contribution in [2.24, 2.45) is 11.7 Å². The second-order valence-electron chi connectivity index (χ2n) is 3.81. The van der Waals surface area contributed by atoms with Crippen LogP contribution < -0.4 is 11.1 Å². The quantitative estimate of drug-likeness (QED) is 0.625. The zero-order chi connectivity index (χ0) is 10.4. The molecule has 1 rings (SSSR count). The summed E-state index contributed by atoms with van der Waals surface area (Å²) in [5, 5.41) is 3.37. The first-order chi connectivity index (χ1) is 6.77. The molecule has 0 aromatic heterocycles. The molecule has 0 bridgehead atoms. The number of esters is 1. The molecule has 0 aromatic carbocycles. The number of hydrogen-bond acceptors (Lipinski definition) is 4. The predicted molar refractivity (Wildman–Crippen MR) is 54.8 cm³/mol. The summed E-state index contributed by atoms with van der Waals surface area (Å²) >= 11 is 0. The third-order valence-electron chi connectivity index (χ3n) is 2.93. The molecule has 4 heteroatoms. The Balaban J connectivity index is 2.14. The topological polar surface area (TPSA) is 64.3 Å². The average molecular weight is 200 g/mol. The predicted octanol–water partition coefficient (Wildman–Crippen LogP) is 0.267. The van der Waals surface area contributed by atoms with Crippen LogP contribution in [0.5, 0.6) is 0 Å². The molecule has 0 amide bonds. The molecule has 0 heterocycles. The van der Waals surface area contributed by atoms with Gasteiger partial charge in [-0.25, -0.2) is 0 Å². The van der Waals surface area contributed by atoms with Crippen LogP contribution >= 0.6 is 0 Å². The standard InChI is InChI=1S/C10H20N2O2/c1-14-10(13)5-6-12-9-4-2-3-8(9)7-11/h8-9,12H,2-7,11H2,1H3. The van der Waals surface area contributed by atoms with Crippen molar-refractivity contribution >= 4 is 5.97 Å². The summed E-state index contributed by atoms with van der Waals surface area (Å²) in [6.07, 6.45) is 4.09. The fourth-order valence-electron chi connectivity index (χ4n) is 2.05. The lowest BCUT2D eigenvalue weighted by Gasteiger charge is -2.18. The minimum Gasteiger partial charge on any atom is -0.469 e. The van der Waals surface area contributed by atoms with Crippen LogP contribution in [-0.4, -0.2) is 32.2 Å². The highest BCUT2D eigenvalue weighted by molar-refractivity contribution is 5.69. The van der Waals surface area contributed by atoms with Crippen molar-refractivity contribution in [1.82, 2.24) is 5.32 Å². The minimum atomic E-state index is -0.153. The Morgan fingerprint density at radius 3 is 3.00 bits per heavy atom. The molecule has 0 aromatic rings. The molecule has 1 saturated carbocycles. The number of carbonyl (C=O) groups excluding carboxylic acids is 1. The maximum atomic E-state index is 10.8. The Morgan fingerprint density at radius 1 is 1.57 bits per heavy atom. The second-order valence-corrected chi connectivity index (χ2v) is 3.81. The molecule has 1 fully saturated rings. The SMILES string of the molecule is COC(=O)CCNC1CCCC1CN. The van der Waals surface area contributed by atoms with E-state index in [0.29, 0.717) is 24.9 Å². The van der Waals surface area contributed by atoms with Crippen molar-refractivity contribution in [3.63, 3.8) is 0 Å². The Kier molecular flexibility index (Phi) is 4.90. The number of nitrogens with two attached hydrogens (primary N) is 1. The molecule has 2 unspecified atom stereocenters. The van der Waals surface area contributed by atoms with Crippen LogP contribution in [0.3, 0.4) is 0 Å². The van der Waals surface area contributed by atoms with Crippen LogP contribution in [0.25, 0.3) is 0 Å². The maximum Gasteiger partial charge on any atom is 0.306 e. The second kappa shape index (κ2) is 5.98. The molecule has 4 nitrogen and oxygen atoms in total. The summed E-state index contributed by atoms with van der Waals surface area (Å²) in [6.45, 7) is 1.45. The molecule has 0 radical (unpaired) electrons. The highest BCUT2D eigenvalue weighted by Crippen LogP contribution is 2.24. The van der Waals surface area contributed by atoms with Crippen LogP contribution in [0.4, 0.5) is 0 Å². The zero-order valence-electron chi connectivity index (χ0n) is 8.79. The van der Waals surface area contributed by atoms with E-state index in [1.807, 2.05) is 0 Å². The molecule has 0 spiro atoms. The maximum absolute atomic E-state index is 10.8. The van der Waals surface area contributed by atoms with E-state index in [-0.39, 0.29) is 5.97 Å². The van der Waals surface area contributed by atoms with Crippen LogP contribution in [0.2, 0.25) is 0 Å². The van der Waals surface area contributed by atoms with Crippen molar-refractivity contribution in [2.45, 2.75) is 31.7 Å². The van der Waals surface area contributed by atoms with Gasteiger partial charge in [-0.3, -0.25) is 4.79 Å². The van der Waals surface area contributed by atoms with Crippen LogP contribution in [0, 0.1) is 5.92 Å². The number of nitrogens with one attached hydrogen (secondary N) is 1. The first-order valence-electron chi connectivity index (χ1n) is 5.28. The number of carbonyl (C=O) groups is 1. The lowest BCUT2D eigenvalue weighted by molar-refractivity contribution is -0.140. The first-order valence-corrected chi connectivity index (χ1v) is 5.28. The van der Waals surface area contributed by atoms with E-state index < -0.39 is 0 Å². The Bertz CT molecular complexity index is 185. The van der Waals surface area contributed by atoms with Gasteiger partial charge in [-0.2, -0.15) is 0 Å². The summed E-state index contributed by atoms with van der Waals surface area (Å²) in [5.41, 5.74) is 5.65. The normalized spacial score (nSPS) is 26.4. The number of methoxy groups -OCH3 is 1. The highest BCUT2D eigenvalue weighted by Gasteiger charge is 2.25.